The van der Waals surface area contributed by atoms with E-state index in [9.17, 15) is 9.59 Å². The van der Waals surface area contributed by atoms with Crippen molar-refractivity contribution in [1.82, 2.24) is 14.7 Å². The monoisotopic (exact) mass is 553 g/mol. The van der Waals surface area contributed by atoms with Crippen LogP contribution in [0, 0.1) is 0 Å². The van der Waals surface area contributed by atoms with E-state index in [4.69, 9.17) is 9.84 Å². The van der Waals surface area contributed by atoms with Crippen molar-refractivity contribution in [3.8, 4) is 11.5 Å². The molecule has 3 aromatic rings. The molecule has 6 rings (SSSR count). The molecule has 1 aliphatic carbocycles. The minimum absolute atomic E-state index is 0.134. The summed E-state index contributed by atoms with van der Waals surface area (Å²) in [6.45, 7) is 3.61. The maximum absolute atomic E-state index is 13.9. The average molecular weight is 554 g/mol. The Morgan fingerprint density at radius 3 is 2.05 bits per heavy atom. The van der Waals surface area contributed by atoms with E-state index < -0.39 is 5.97 Å². The van der Waals surface area contributed by atoms with Crippen LogP contribution in [-0.4, -0.2) is 63.5 Å². The summed E-state index contributed by atoms with van der Waals surface area (Å²) in [5.41, 5.74) is 2.71. The van der Waals surface area contributed by atoms with Crippen LogP contribution in [-0.2, 0) is 6.54 Å². The Kier molecular flexibility index (Phi) is 8.23. The first-order chi connectivity index (χ1) is 20.0. The van der Waals surface area contributed by atoms with Gasteiger partial charge >= 0.3 is 12.0 Å². The van der Waals surface area contributed by atoms with Crippen molar-refractivity contribution < 1.29 is 19.4 Å². The van der Waals surface area contributed by atoms with Crippen LogP contribution in [0.5, 0.6) is 11.5 Å². The quantitative estimate of drug-likeness (QED) is 0.327. The zero-order chi connectivity index (χ0) is 28.2. The molecule has 1 atom stereocenters. The molecule has 3 aliphatic rings. The number of likely N-dealkylation sites (tertiary alicyclic amines) is 1. The van der Waals surface area contributed by atoms with Crippen LogP contribution in [0.15, 0.2) is 78.9 Å². The van der Waals surface area contributed by atoms with Crippen molar-refractivity contribution in [2.75, 3.05) is 19.6 Å². The van der Waals surface area contributed by atoms with Crippen molar-refractivity contribution in [2.45, 2.75) is 69.6 Å². The minimum atomic E-state index is -0.950. The Balaban J connectivity index is 1.06. The molecule has 3 fully saturated rings. The topological polar surface area (TPSA) is 73.3 Å². The van der Waals surface area contributed by atoms with E-state index in [-0.39, 0.29) is 23.7 Å². The molecule has 0 radical (unpaired) electrons. The first kappa shape index (κ1) is 27.3. The molecule has 1 saturated carbocycles. The van der Waals surface area contributed by atoms with Gasteiger partial charge in [0, 0.05) is 38.3 Å². The number of nitrogens with zero attached hydrogens (tertiary/aromatic N) is 3. The maximum Gasteiger partial charge on any atom is 0.335 e. The molecule has 41 heavy (non-hydrogen) atoms. The van der Waals surface area contributed by atoms with Gasteiger partial charge in [0.2, 0.25) is 0 Å². The lowest BCUT2D eigenvalue weighted by atomic mass is 9.94. The number of aromatic carboxylic acids is 1. The Morgan fingerprint density at radius 2 is 1.41 bits per heavy atom. The van der Waals surface area contributed by atoms with Gasteiger partial charge in [0.15, 0.2) is 0 Å². The molecule has 2 saturated heterocycles. The van der Waals surface area contributed by atoms with Crippen molar-refractivity contribution in [3.63, 3.8) is 0 Å². The number of ether oxygens (including phenoxy) is 1. The van der Waals surface area contributed by atoms with Gasteiger partial charge in [-0.1, -0.05) is 61.7 Å². The number of carboxylic acids is 1. The lowest BCUT2D eigenvalue weighted by Crippen LogP contribution is -2.48. The molecule has 0 aromatic heterocycles. The molecular weight excluding hydrogens is 514 g/mol. The molecule has 0 spiro atoms. The molecule has 2 aliphatic heterocycles. The zero-order valence-electron chi connectivity index (χ0n) is 23.5. The fraction of sp³-hybridized carbons (Fsp3) is 0.412. The Morgan fingerprint density at radius 1 is 0.780 bits per heavy atom. The smallest absolute Gasteiger partial charge is 0.335 e. The van der Waals surface area contributed by atoms with Crippen LogP contribution >= 0.6 is 0 Å². The van der Waals surface area contributed by atoms with Gasteiger partial charge in [0.05, 0.1) is 11.6 Å². The van der Waals surface area contributed by atoms with Gasteiger partial charge in [-0.2, -0.15) is 0 Å². The van der Waals surface area contributed by atoms with Crippen molar-refractivity contribution in [3.05, 3.63) is 95.6 Å². The van der Waals surface area contributed by atoms with E-state index in [0.717, 1.165) is 57.6 Å². The van der Waals surface area contributed by atoms with Crippen LogP contribution in [0.1, 0.15) is 72.5 Å². The van der Waals surface area contributed by atoms with Crippen LogP contribution < -0.4 is 4.74 Å². The molecule has 214 valence electrons. The number of benzene rings is 3. The third kappa shape index (κ3) is 6.25. The number of carbonyl (C=O) groups is 2. The van der Waals surface area contributed by atoms with Crippen LogP contribution in [0.25, 0.3) is 0 Å². The lowest BCUT2D eigenvalue weighted by Gasteiger charge is -2.39. The molecule has 3 aromatic carbocycles. The molecule has 0 bridgehead atoms. The lowest BCUT2D eigenvalue weighted by molar-refractivity contribution is 0.0696. The van der Waals surface area contributed by atoms with E-state index in [1.165, 1.54) is 30.4 Å². The van der Waals surface area contributed by atoms with Gasteiger partial charge < -0.3 is 19.6 Å². The number of hydrogen-bond acceptors (Lipinski definition) is 4. The first-order valence-corrected chi connectivity index (χ1v) is 15.0. The third-order valence-corrected chi connectivity index (χ3v) is 8.99. The summed E-state index contributed by atoms with van der Waals surface area (Å²) >= 11 is 0. The van der Waals surface area contributed by atoms with E-state index >= 15 is 0 Å². The third-order valence-electron chi connectivity index (χ3n) is 8.99. The highest BCUT2D eigenvalue weighted by Gasteiger charge is 2.45. The van der Waals surface area contributed by atoms with Crippen molar-refractivity contribution in [2.24, 2.45) is 0 Å². The Labute approximate surface area is 242 Å². The Hall–Kier alpha value is -3.84. The van der Waals surface area contributed by atoms with Gasteiger partial charge in [-0.15, -0.1) is 0 Å². The number of carboxylic acid groups (broad SMARTS) is 1. The first-order valence-electron chi connectivity index (χ1n) is 15.0. The Bertz CT molecular complexity index is 1310. The molecule has 2 heterocycles. The van der Waals surface area contributed by atoms with Gasteiger partial charge in [0.25, 0.3) is 0 Å². The highest BCUT2D eigenvalue weighted by atomic mass is 16.5. The van der Waals surface area contributed by atoms with Crippen LogP contribution in [0.3, 0.4) is 0 Å². The fourth-order valence-corrected chi connectivity index (χ4v) is 6.76. The number of piperidine rings is 1. The van der Waals surface area contributed by atoms with Crippen molar-refractivity contribution in [1.29, 1.82) is 0 Å². The molecule has 2 amide bonds. The summed E-state index contributed by atoms with van der Waals surface area (Å²) in [6, 6.07) is 26.2. The standard InChI is InChI=1S/C34H39N3O4/c38-33(39)27-13-17-31(18-14-27)41-30-15-11-25(12-16-30)23-35-21-19-29(20-22-35)37-32(26-7-3-1-4-8-26)24-36(34(37)40)28-9-5-2-6-10-28/h1,3-4,7-8,11-18,28-29,32H,2,5-6,9-10,19-24H2,(H,38,39)/t32-/m0/s1. The minimum Gasteiger partial charge on any atom is -0.478 e. The number of urea groups is 1. The second kappa shape index (κ2) is 12.4. The van der Waals surface area contributed by atoms with Gasteiger partial charge in [0.1, 0.15) is 11.5 Å². The van der Waals surface area contributed by atoms with Gasteiger partial charge in [-0.05, 0) is 73.2 Å². The van der Waals surface area contributed by atoms with E-state index in [0.29, 0.717) is 11.8 Å². The predicted molar refractivity (Wildman–Crippen MR) is 158 cm³/mol. The number of rotatable bonds is 8. The highest BCUT2D eigenvalue weighted by Crippen LogP contribution is 2.38. The van der Waals surface area contributed by atoms with Crippen LogP contribution in [0.4, 0.5) is 4.79 Å². The predicted octanol–water partition coefficient (Wildman–Crippen LogP) is 6.95. The SMILES string of the molecule is O=C(O)c1ccc(Oc2ccc(CN3CCC(N4C(=O)N(C5CCCCC5)C[C@H]4c4ccccc4)CC3)cc2)cc1. The second-order valence-electron chi connectivity index (χ2n) is 11.6. The fourth-order valence-electron chi connectivity index (χ4n) is 6.76. The number of hydrogen-bond donors (Lipinski definition) is 1. The summed E-state index contributed by atoms with van der Waals surface area (Å²) in [7, 11) is 0. The second-order valence-corrected chi connectivity index (χ2v) is 11.6. The normalized spacial score (nSPS) is 20.9. The average Bonchev–Trinajstić information content (AvgIpc) is 3.36. The van der Waals surface area contributed by atoms with E-state index in [1.807, 2.05) is 12.1 Å². The molecule has 7 nitrogen and oxygen atoms in total. The summed E-state index contributed by atoms with van der Waals surface area (Å²) in [6.07, 6.45) is 8.01. The van der Waals surface area contributed by atoms with Gasteiger partial charge in [-0.3, -0.25) is 4.90 Å². The highest BCUT2D eigenvalue weighted by molar-refractivity contribution is 5.87. The maximum atomic E-state index is 13.9. The number of carbonyl (C=O) groups excluding carboxylic acids is 1. The summed E-state index contributed by atoms with van der Waals surface area (Å²) < 4.78 is 5.89. The zero-order valence-corrected chi connectivity index (χ0v) is 23.5. The summed E-state index contributed by atoms with van der Waals surface area (Å²) in [5.74, 6) is 0.379. The van der Waals surface area contributed by atoms with E-state index in [1.54, 1.807) is 24.3 Å². The van der Waals surface area contributed by atoms with E-state index in [2.05, 4.69) is 57.2 Å². The summed E-state index contributed by atoms with van der Waals surface area (Å²) in [4.78, 5) is 31.8. The molecule has 7 heteroatoms. The summed E-state index contributed by atoms with van der Waals surface area (Å²) in [5, 5.41) is 9.07. The van der Waals surface area contributed by atoms with Crippen molar-refractivity contribution >= 4 is 12.0 Å². The largest absolute Gasteiger partial charge is 0.478 e. The molecule has 1 N–H and O–H groups in total. The molecule has 0 unspecified atom stereocenters. The molecular formula is C34H39N3O4. The van der Waals surface area contributed by atoms with Crippen LogP contribution in [0.2, 0.25) is 0 Å². The van der Waals surface area contributed by atoms with Gasteiger partial charge in [-0.25, -0.2) is 9.59 Å². The number of amides is 2.